The maximum atomic E-state index is 13.0. The van der Waals surface area contributed by atoms with Gasteiger partial charge in [-0.15, -0.1) is 0 Å². The second kappa shape index (κ2) is 8.81. The first-order chi connectivity index (χ1) is 14.5. The van der Waals surface area contributed by atoms with Gasteiger partial charge in [-0.1, -0.05) is 12.1 Å². The van der Waals surface area contributed by atoms with Crippen LogP contribution in [0.25, 0.3) is 0 Å². The van der Waals surface area contributed by atoms with Gasteiger partial charge in [-0.25, -0.2) is 8.42 Å². The van der Waals surface area contributed by atoms with Gasteiger partial charge in [0.25, 0.3) is 5.69 Å². The lowest BCUT2D eigenvalue weighted by molar-refractivity contribution is -0.385. The van der Waals surface area contributed by atoms with Crippen LogP contribution in [0, 0.1) is 10.1 Å². The van der Waals surface area contributed by atoms with Crippen molar-refractivity contribution in [2.75, 3.05) is 33.3 Å². The minimum Gasteiger partial charge on any atom is -0.495 e. The molecule has 1 fully saturated rings. The maximum absolute atomic E-state index is 13.0. The van der Waals surface area contributed by atoms with Gasteiger partial charge < -0.3 is 4.74 Å². The second-order valence-corrected chi connectivity index (χ2v) is 8.87. The van der Waals surface area contributed by atoms with Crippen molar-refractivity contribution in [3.63, 3.8) is 0 Å². The fourth-order valence-corrected chi connectivity index (χ4v) is 4.90. The number of hydrogen-bond donors (Lipinski definition) is 0. The fraction of sp³-hybridized carbons (Fsp3) is 0.368. The Morgan fingerprint density at radius 3 is 2.19 bits per heavy atom. The van der Waals surface area contributed by atoms with E-state index >= 15 is 0 Å². The van der Waals surface area contributed by atoms with E-state index in [1.807, 2.05) is 4.90 Å². The lowest BCUT2D eigenvalue weighted by Gasteiger charge is -2.34. The molecule has 0 radical (unpaired) electrons. The van der Waals surface area contributed by atoms with E-state index in [0.717, 1.165) is 18.2 Å². The van der Waals surface area contributed by atoms with E-state index in [1.165, 1.54) is 35.7 Å². The van der Waals surface area contributed by atoms with E-state index in [-0.39, 0.29) is 29.4 Å². The molecule has 2 aromatic carbocycles. The summed E-state index contributed by atoms with van der Waals surface area (Å²) >= 11 is 0. The molecule has 168 valence electrons. The number of hydrogen-bond acceptors (Lipinski definition) is 6. The first-order valence-corrected chi connectivity index (χ1v) is 10.7. The van der Waals surface area contributed by atoms with E-state index in [4.69, 9.17) is 4.74 Å². The average molecular weight is 459 g/mol. The Balaban J connectivity index is 1.69. The molecule has 3 rings (SSSR count). The summed E-state index contributed by atoms with van der Waals surface area (Å²) in [7, 11) is -2.75. The molecule has 31 heavy (non-hydrogen) atoms. The van der Waals surface area contributed by atoms with E-state index in [9.17, 15) is 31.7 Å². The number of non-ortho nitro benzene ring substituents is 1. The highest BCUT2D eigenvalue weighted by Gasteiger charge is 2.33. The van der Waals surface area contributed by atoms with Gasteiger partial charge in [0, 0.05) is 44.9 Å². The largest absolute Gasteiger partial charge is 0.495 e. The number of rotatable bonds is 6. The van der Waals surface area contributed by atoms with E-state index in [2.05, 4.69) is 0 Å². The molecule has 1 aliphatic heterocycles. The monoisotopic (exact) mass is 459 g/mol. The molecule has 0 amide bonds. The molecule has 8 nitrogen and oxygen atoms in total. The Morgan fingerprint density at radius 1 is 1.06 bits per heavy atom. The van der Waals surface area contributed by atoms with E-state index in [0.29, 0.717) is 25.2 Å². The molecule has 1 aliphatic rings. The summed E-state index contributed by atoms with van der Waals surface area (Å²) in [6, 6.07) is 8.23. The normalized spacial score (nSPS) is 16.3. The SMILES string of the molecule is COc1ccc([N+](=O)[O-])cc1S(=O)(=O)N1CCN(Cc2ccc(C(F)(F)F)cc2)CC1. The van der Waals surface area contributed by atoms with E-state index in [1.54, 1.807) is 0 Å². The minimum atomic E-state index is -4.40. The zero-order valence-electron chi connectivity index (χ0n) is 16.5. The van der Waals surface area contributed by atoms with Gasteiger partial charge in [-0.05, 0) is 23.8 Å². The van der Waals surface area contributed by atoms with Crippen LogP contribution in [0.1, 0.15) is 11.1 Å². The van der Waals surface area contributed by atoms with E-state index < -0.39 is 26.7 Å². The first kappa shape index (κ1) is 23.0. The first-order valence-electron chi connectivity index (χ1n) is 9.23. The molecule has 1 heterocycles. The molecule has 12 heteroatoms. The quantitative estimate of drug-likeness (QED) is 0.487. The Bertz CT molecular complexity index is 1050. The Morgan fingerprint density at radius 2 is 1.68 bits per heavy atom. The molecule has 0 aliphatic carbocycles. The summed E-state index contributed by atoms with van der Waals surface area (Å²) in [5.41, 5.74) is -0.400. The maximum Gasteiger partial charge on any atom is 0.416 e. The number of sulfonamides is 1. The van der Waals surface area contributed by atoms with Crippen molar-refractivity contribution in [3.8, 4) is 5.75 Å². The molecule has 0 aromatic heterocycles. The third-order valence-corrected chi connectivity index (χ3v) is 6.91. The predicted molar refractivity (Wildman–Crippen MR) is 105 cm³/mol. The van der Waals surface area contributed by atoms with Crippen molar-refractivity contribution in [1.82, 2.24) is 9.21 Å². The number of nitro benzene ring substituents is 1. The van der Waals surface area contributed by atoms with Crippen molar-refractivity contribution in [2.24, 2.45) is 0 Å². The number of nitro groups is 1. The van der Waals surface area contributed by atoms with Crippen LogP contribution in [-0.2, 0) is 22.7 Å². The Hall–Kier alpha value is -2.70. The summed E-state index contributed by atoms with van der Waals surface area (Å²) in [5, 5.41) is 11.0. The van der Waals surface area contributed by atoms with Crippen molar-refractivity contribution in [2.45, 2.75) is 17.6 Å². The average Bonchev–Trinajstić information content (AvgIpc) is 2.73. The van der Waals surface area contributed by atoms with Gasteiger partial charge in [0.05, 0.1) is 17.6 Å². The van der Waals surface area contributed by atoms with Gasteiger partial charge in [-0.2, -0.15) is 17.5 Å². The zero-order valence-corrected chi connectivity index (χ0v) is 17.3. The van der Waals surface area contributed by atoms with Crippen LogP contribution in [0.15, 0.2) is 47.4 Å². The summed E-state index contributed by atoms with van der Waals surface area (Å²) in [6.45, 7) is 1.37. The topological polar surface area (TPSA) is 93.0 Å². The van der Waals surface area contributed by atoms with Crippen molar-refractivity contribution in [1.29, 1.82) is 0 Å². The summed E-state index contributed by atoms with van der Waals surface area (Å²) in [4.78, 5) is 12.0. The highest BCUT2D eigenvalue weighted by Crippen LogP contribution is 2.31. The van der Waals surface area contributed by atoms with Gasteiger partial charge in [0.15, 0.2) is 0 Å². The third-order valence-electron chi connectivity index (χ3n) is 4.99. The second-order valence-electron chi connectivity index (χ2n) is 6.97. The summed E-state index contributed by atoms with van der Waals surface area (Å²) < 4.78 is 70.4. The Labute approximate surface area is 177 Å². The number of halogens is 3. The van der Waals surface area contributed by atoms with Gasteiger partial charge in [0.2, 0.25) is 10.0 Å². The van der Waals surface area contributed by atoms with Crippen LogP contribution in [0.3, 0.4) is 0 Å². The third kappa shape index (κ3) is 5.14. The predicted octanol–water partition coefficient (Wildman–Crippen LogP) is 3.13. The van der Waals surface area contributed by atoms with Crippen LogP contribution >= 0.6 is 0 Å². The standard InChI is InChI=1S/C19H20F3N3O5S/c1-30-17-7-6-16(25(26)27)12-18(17)31(28,29)24-10-8-23(9-11-24)13-14-2-4-15(5-3-14)19(20,21)22/h2-7,12H,8-11,13H2,1H3. The van der Waals surface area contributed by atoms with Gasteiger partial charge in [-0.3, -0.25) is 15.0 Å². The Kier molecular flexibility index (Phi) is 6.53. The number of methoxy groups -OCH3 is 1. The summed E-state index contributed by atoms with van der Waals surface area (Å²) in [6.07, 6.45) is -4.40. The highest BCUT2D eigenvalue weighted by atomic mass is 32.2. The minimum absolute atomic E-state index is 0.0118. The van der Waals surface area contributed by atoms with Crippen molar-refractivity contribution >= 4 is 15.7 Å². The number of nitrogens with zero attached hydrogens (tertiary/aromatic N) is 3. The number of benzene rings is 2. The molecule has 0 atom stereocenters. The van der Waals surface area contributed by atoms with Gasteiger partial charge in [0.1, 0.15) is 10.6 Å². The molecule has 0 unspecified atom stereocenters. The van der Waals surface area contributed by atoms with Crippen LogP contribution in [0.2, 0.25) is 0 Å². The van der Waals surface area contributed by atoms with Crippen molar-refractivity contribution < 1.29 is 31.2 Å². The number of ether oxygens (including phenoxy) is 1. The van der Waals surface area contributed by atoms with Crippen LogP contribution in [0.5, 0.6) is 5.75 Å². The molecule has 0 saturated carbocycles. The summed E-state index contributed by atoms with van der Waals surface area (Å²) in [5.74, 6) is 0.0118. The molecular formula is C19H20F3N3O5S. The highest BCUT2D eigenvalue weighted by molar-refractivity contribution is 7.89. The molecule has 0 bridgehead atoms. The number of alkyl halides is 3. The van der Waals surface area contributed by atoms with Crippen molar-refractivity contribution in [3.05, 3.63) is 63.7 Å². The molecular weight excluding hydrogens is 439 g/mol. The molecule has 0 spiro atoms. The van der Waals surface area contributed by atoms with Crippen LogP contribution in [0.4, 0.5) is 18.9 Å². The fourth-order valence-electron chi connectivity index (χ4n) is 3.30. The van der Waals surface area contributed by atoms with Gasteiger partial charge >= 0.3 is 6.18 Å². The van der Waals surface area contributed by atoms with Crippen LogP contribution in [-0.4, -0.2) is 55.8 Å². The molecule has 1 saturated heterocycles. The lowest BCUT2D eigenvalue weighted by atomic mass is 10.1. The lowest BCUT2D eigenvalue weighted by Crippen LogP contribution is -2.48. The zero-order chi connectivity index (χ0) is 22.8. The van der Waals surface area contributed by atoms with Crippen LogP contribution < -0.4 is 4.74 Å². The molecule has 0 N–H and O–H groups in total. The smallest absolute Gasteiger partial charge is 0.416 e. The number of piperazine rings is 1. The molecule has 2 aromatic rings.